The van der Waals surface area contributed by atoms with Crippen LogP contribution in [0.2, 0.25) is 0 Å². The van der Waals surface area contributed by atoms with E-state index in [1.807, 2.05) is 13.1 Å². The Kier molecular flexibility index (Phi) is 7.51. The molecule has 2 aromatic carbocycles. The first-order valence-corrected chi connectivity index (χ1v) is 12.3. The van der Waals surface area contributed by atoms with Crippen LogP contribution in [0.4, 0.5) is 30.4 Å². The standard InChI is InChI=1S/C28H26F3N5O3/c1-36-10-4-7-22(36)16-38-23-13-19(28(29,30)31)12-21(14-23)35-27(37)24-8-3-9-33-26(24)34-20-6-2-5-18(11-20)25-15-32-17-39-25/h2-3,5-6,8-9,11-15,17,22H,4,7,10,16H2,1H3,(H,33,34)(H,35,37). The lowest BCUT2D eigenvalue weighted by Crippen LogP contribution is -2.30. The van der Waals surface area contributed by atoms with E-state index in [0.717, 1.165) is 37.1 Å². The molecule has 0 bridgehead atoms. The van der Waals surface area contributed by atoms with E-state index >= 15 is 0 Å². The highest BCUT2D eigenvalue weighted by atomic mass is 19.4. The normalized spacial score (nSPS) is 15.7. The van der Waals surface area contributed by atoms with E-state index in [9.17, 15) is 18.0 Å². The van der Waals surface area contributed by atoms with Crippen molar-refractivity contribution in [3.63, 3.8) is 0 Å². The van der Waals surface area contributed by atoms with Gasteiger partial charge in [-0.1, -0.05) is 12.1 Å². The lowest BCUT2D eigenvalue weighted by atomic mass is 10.1. The van der Waals surface area contributed by atoms with E-state index in [2.05, 4.69) is 25.5 Å². The van der Waals surface area contributed by atoms with Crippen LogP contribution < -0.4 is 15.4 Å². The maximum absolute atomic E-state index is 13.6. The van der Waals surface area contributed by atoms with Crippen molar-refractivity contribution < 1.29 is 27.1 Å². The summed E-state index contributed by atoms with van der Waals surface area (Å²) in [4.78, 5) is 23.5. The van der Waals surface area contributed by atoms with Crippen LogP contribution in [0.1, 0.15) is 28.8 Å². The second-order valence-electron chi connectivity index (χ2n) is 9.26. The number of benzene rings is 2. The first-order chi connectivity index (χ1) is 18.8. The molecule has 4 aromatic rings. The Morgan fingerprint density at radius 2 is 2.03 bits per heavy atom. The Hall–Kier alpha value is -4.38. The molecule has 202 valence electrons. The Bertz CT molecular complexity index is 1440. The summed E-state index contributed by atoms with van der Waals surface area (Å²) in [6, 6.07) is 13.7. The zero-order valence-corrected chi connectivity index (χ0v) is 21.0. The zero-order chi connectivity index (χ0) is 27.4. The molecule has 3 heterocycles. The fourth-order valence-electron chi connectivity index (χ4n) is 4.43. The molecule has 1 saturated heterocycles. The number of alkyl halides is 3. The third-order valence-electron chi connectivity index (χ3n) is 6.50. The monoisotopic (exact) mass is 537 g/mol. The number of aromatic nitrogens is 2. The van der Waals surface area contributed by atoms with Crippen LogP contribution >= 0.6 is 0 Å². The van der Waals surface area contributed by atoms with Gasteiger partial charge in [-0.3, -0.25) is 4.79 Å². The van der Waals surface area contributed by atoms with Crippen LogP contribution in [-0.4, -0.2) is 47.0 Å². The number of oxazole rings is 1. The van der Waals surface area contributed by atoms with Gasteiger partial charge in [0.25, 0.3) is 5.91 Å². The first-order valence-electron chi connectivity index (χ1n) is 12.3. The summed E-state index contributed by atoms with van der Waals surface area (Å²) in [6.07, 6.45) is 1.73. The highest BCUT2D eigenvalue weighted by Crippen LogP contribution is 2.35. The average molecular weight is 538 g/mol. The Morgan fingerprint density at radius 1 is 1.15 bits per heavy atom. The van der Waals surface area contributed by atoms with Gasteiger partial charge in [0.1, 0.15) is 18.2 Å². The molecule has 1 aliphatic rings. The number of likely N-dealkylation sites (N-methyl/N-ethyl adjacent to an activating group) is 1. The van der Waals surface area contributed by atoms with Crippen LogP contribution in [-0.2, 0) is 6.18 Å². The van der Waals surface area contributed by atoms with Crippen molar-refractivity contribution in [2.24, 2.45) is 0 Å². The van der Waals surface area contributed by atoms with E-state index in [4.69, 9.17) is 9.15 Å². The predicted molar refractivity (Wildman–Crippen MR) is 140 cm³/mol. The SMILES string of the molecule is CN1CCCC1COc1cc(NC(=O)c2cccnc2Nc2cccc(-c3cnco3)c2)cc(C(F)(F)F)c1. The first kappa shape index (κ1) is 26.2. The fraction of sp³-hybridized carbons (Fsp3) is 0.250. The molecular weight excluding hydrogens is 511 g/mol. The molecule has 8 nitrogen and oxygen atoms in total. The van der Waals surface area contributed by atoms with Crippen LogP contribution in [0.3, 0.4) is 0 Å². The molecule has 2 aromatic heterocycles. The van der Waals surface area contributed by atoms with E-state index in [1.54, 1.807) is 30.5 Å². The number of halogens is 3. The number of carbonyl (C=O) groups is 1. The number of nitrogens with one attached hydrogen (secondary N) is 2. The molecule has 1 aliphatic heterocycles. The number of hydrogen-bond acceptors (Lipinski definition) is 7. The van der Waals surface area contributed by atoms with Gasteiger partial charge in [0.15, 0.2) is 12.2 Å². The van der Waals surface area contributed by atoms with Gasteiger partial charge in [-0.25, -0.2) is 9.97 Å². The second-order valence-corrected chi connectivity index (χ2v) is 9.26. The number of pyridine rings is 1. The minimum Gasteiger partial charge on any atom is -0.492 e. The van der Waals surface area contributed by atoms with Gasteiger partial charge in [0.2, 0.25) is 0 Å². The van der Waals surface area contributed by atoms with E-state index in [0.29, 0.717) is 11.4 Å². The van der Waals surface area contributed by atoms with Crippen molar-refractivity contribution in [3.05, 3.63) is 84.5 Å². The Balaban J connectivity index is 1.36. The lowest BCUT2D eigenvalue weighted by Gasteiger charge is -2.20. The van der Waals surface area contributed by atoms with Crippen LogP contribution in [0.25, 0.3) is 11.3 Å². The lowest BCUT2D eigenvalue weighted by molar-refractivity contribution is -0.137. The third kappa shape index (κ3) is 6.37. The smallest absolute Gasteiger partial charge is 0.416 e. The molecule has 1 amide bonds. The summed E-state index contributed by atoms with van der Waals surface area (Å²) in [5.74, 6) is 0.212. The number of likely N-dealkylation sites (tertiary alicyclic amines) is 1. The number of hydrogen-bond donors (Lipinski definition) is 2. The van der Waals surface area contributed by atoms with Crippen molar-refractivity contribution >= 4 is 23.1 Å². The summed E-state index contributed by atoms with van der Waals surface area (Å²) in [6.45, 7) is 1.18. The fourth-order valence-corrected chi connectivity index (χ4v) is 4.43. The molecule has 39 heavy (non-hydrogen) atoms. The highest BCUT2D eigenvalue weighted by molar-refractivity contribution is 6.08. The maximum Gasteiger partial charge on any atom is 0.416 e. The molecule has 0 saturated carbocycles. The molecular formula is C28H26F3N5O3. The number of anilines is 3. The van der Waals surface area contributed by atoms with E-state index < -0.39 is 17.6 Å². The Labute approximate surface area is 222 Å². The summed E-state index contributed by atoms with van der Waals surface area (Å²) in [5, 5.41) is 5.68. The number of amides is 1. The zero-order valence-electron chi connectivity index (χ0n) is 21.0. The number of nitrogens with zero attached hydrogens (tertiary/aromatic N) is 3. The van der Waals surface area contributed by atoms with Gasteiger partial charge in [0, 0.05) is 35.2 Å². The number of ether oxygens (including phenoxy) is 1. The van der Waals surface area contributed by atoms with Crippen molar-refractivity contribution in [2.75, 3.05) is 30.8 Å². The quantitative estimate of drug-likeness (QED) is 0.276. The number of rotatable bonds is 8. The molecule has 0 spiro atoms. The average Bonchev–Trinajstić information content (AvgIpc) is 3.59. The molecule has 1 unspecified atom stereocenters. The van der Waals surface area contributed by atoms with Crippen molar-refractivity contribution in [3.8, 4) is 17.1 Å². The molecule has 11 heteroatoms. The second kappa shape index (κ2) is 11.2. The maximum atomic E-state index is 13.6. The van der Waals surface area contributed by atoms with Crippen LogP contribution in [0.5, 0.6) is 5.75 Å². The van der Waals surface area contributed by atoms with Gasteiger partial charge in [0.05, 0.1) is 17.3 Å². The van der Waals surface area contributed by atoms with E-state index in [-0.39, 0.29) is 35.5 Å². The molecule has 1 atom stereocenters. The van der Waals surface area contributed by atoms with Gasteiger partial charge in [-0.05, 0) is 62.8 Å². The Morgan fingerprint density at radius 3 is 2.77 bits per heavy atom. The van der Waals surface area contributed by atoms with Gasteiger partial charge in [-0.15, -0.1) is 0 Å². The molecule has 2 N–H and O–H groups in total. The van der Waals surface area contributed by atoms with Gasteiger partial charge < -0.3 is 24.7 Å². The highest BCUT2D eigenvalue weighted by Gasteiger charge is 2.32. The minimum atomic E-state index is -4.61. The summed E-state index contributed by atoms with van der Waals surface area (Å²) in [5.41, 5.74) is 0.591. The predicted octanol–water partition coefficient (Wildman–Crippen LogP) is 6.22. The van der Waals surface area contributed by atoms with Crippen molar-refractivity contribution in [2.45, 2.75) is 25.1 Å². The molecule has 0 radical (unpaired) electrons. The summed E-state index contributed by atoms with van der Waals surface area (Å²) in [7, 11) is 1.96. The molecule has 5 rings (SSSR count). The summed E-state index contributed by atoms with van der Waals surface area (Å²) < 4.78 is 52.0. The topological polar surface area (TPSA) is 92.5 Å². The van der Waals surface area contributed by atoms with Gasteiger partial charge >= 0.3 is 6.18 Å². The number of carbonyl (C=O) groups excluding carboxylic acids is 1. The minimum absolute atomic E-state index is 0.0354. The third-order valence-corrected chi connectivity index (χ3v) is 6.50. The van der Waals surface area contributed by atoms with Crippen LogP contribution in [0.15, 0.2) is 77.8 Å². The van der Waals surface area contributed by atoms with Crippen LogP contribution in [0, 0.1) is 0 Å². The molecule has 1 fully saturated rings. The van der Waals surface area contributed by atoms with Crippen molar-refractivity contribution in [1.82, 2.24) is 14.9 Å². The largest absolute Gasteiger partial charge is 0.492 e. The van der Waals surface area contributed by atoms with E-state index in [1.165, 1.54) is 24.7 Å². The van der Waals surface area contributed by atoms with Gasteiger partial charge in [-0.2, -0.15) is 13.2 Å². The van der Waals surface area contributed by atoms with Crippen molar-refractivity contribution in [1.29, 1.82) is 0 Å². The summed E-state index contributed by atoms with van der Waals surface area (Å²) >= 11 is 0. The molecule has 0 aliphatic carbocycles.